The summed E-state index contributed by atoms with van der Waals surface area (Å²) in [6, 6.07) is 11.8. The second kappa shape index (κ2) is 7.50. The van der Waals surface area contributed by atoms with Crippen molar-refractivity contribution in [3.63, 3.8) is 0 Å². The van der Waals surface area contributed by atoms with E-state index in [1.165, 1.54) is 16.4 Å². The molecule has 2 aliphatic carbocycles. The Labute approximate surface area is 190 Å². The van der Waals surface area contributed by atoms with Gasteiger partial charge in [-0.25, -0.2) is 0 Å². The van der Waals surface area contributed by atoms with Gasteiger partial charge in [0.2, 0.25) is 5.91 Å². The van der Waals surface area contributed by atoms with Crippen LogP contribution in [-0.4, -0.2) is 49.3 Å². The lowest BCUT2D eigenvalue weighted by Crippen LogP contribution is -2.44. The Balaban J connectivity index is 1.18. The van der Waals surface area contributed by atoms with Crippen LogP contribution in [0, 0.1) is 11.8 Å². The molecule has 2 N–H and O–H groups in total. The van der Waals surface area contributed by atoms with Gasteiger partial charge in [0.1, 0.15) is 6.54 Å². The molecule has 168 valence electrons. The minimum atomic E-state index is -0.659. The lowest BCUT2D eigenvalue weighted by molar-refractivity contribution is -0.139. The Morgan fingerprint density at radius 3 is 2.67 bits per heavy atom. The van der Waals surface area contributed by atoms with Gasteiger partial charge >= 0.3 is 0 Å². The third-order valence-corrected chi connectivity index (χ3v) is 7.45. The van der Waals surface area contributed by atoms with Crippen molar-refractivity contribution in [3.05, 3.63) is 60.0 Å². The highest BCUT2D eigenvalue weighted by atomic mass is 16.2. The average molecular weight is 444 g/mol. The number of Topliss-reactive ketones (excluding diaryl/α,β-unsaturated/α-hetero) is 1. The predicted molar refractivity (Wildman–Crippen MR) is 120 cm³/mol. The fourth-order valence-electron chi connectivity index (χ4n) is 5.61. The number of fused-ring (bicyclic) bond motifs is 2. The topological polar surface area (TPSA) is 111 Å². The highest BCUT2D eigenvalue weighted by Crippen LogP contribution is 2.52. The van der Waals surface area contributed by atoms with Crippen LogP contribution in [0.5, 0.6) is 0 Å². The molecule has 0 unspecified atom stereocenters. The summed E-state index contributed by atoms with van der Waals surface area (Å²) in [5.74, 6) is 0.623. The molecule has 1 aromatic carbocycles. The van der Waals surface area contributed by atoms with E-state index in [4.69, 9.17) is 5.73 Å². The molecule has 3 fully saturated rings. The third-order valence-electron chi connectivity index (χ3n) is 7.45. The molecular formula is C25H25N5O3. The number of benzene rings is 1. The summed E-state index contributed by atoms with van der Waals surface area (Å²) in [5.41, 5.74) is 7.49. The van der Waals surface area contributed by atoms with E-state index in [9.17, 15) is 14.4 Å². The summed E-state index contributed by atoms with van der Waals surface area (Å²) >= 11 is 0. The Kier molecular flexibility index (Phi) is 4.57. The number of carbonyl (C=O) groups is 3. The smallest absolute Gasteiger partial charge is 0.269 e. The fraction of sp³-hybridized carbons (Fsp3) is 0.400. The van der Waals surface area contributed by atoms with E-state index in [0.29, 0.717) is 35.1 Å². The minimum Gasteiger partial charge on any atom is -0.364 e. The summed E-state index contributed by atoms with van der Waals surface area (Å²) in [5, 5.41) is 4.81. The summed E-state index contributed by atoms with van der Waals surface area (Å²) in [6.45, 7) is -0.0309. The van der Waals surface area contributed by atoms with Crippen LogP contribution in [0.3, 0.4) is 0 Å². The van der Waals surface area contributed by atoms with Crippen LogP contribution in [0.4, 0.5) is 0 Å². The van der Waals surface area contributed by atoms with E-state index in [0.717, 1.165) is 19.3 Å². The number of nitrogens with zero attached hydrogens (tertiary/aromatic N) is 4. The van der Waals surface area contributed by atoms with Crippen molar-refractivity contribution in [2.45, 2.75) is 50.2 Å². The third kappa shape index (κ3) is 3.50. The number of rotatable bonds is 7. The van der Waals surface area contributed by atoms with Crippen molar-refractivity contribution in [1.82, 2.24) is 19.7 Å². The fourth-order valence-corrected chi connectivity index (χ4v) is 5.61. The van der Waals surface area contributed by atoms with Crippen molar-refractivity contribution in [3.8, 4) is 0 Å². The summed E-state index contributed by atoms with van der Waals surface area (Å²) < 4.78 is 1.50. The van der Waals surface area contributed by atoms with Gasteiger partial charge in [-0.1, -0.05) is 30.3 Å². The van der Waals surface area contributed by atoms with Gasteiger partial charge in [0.05, 0.1) is 16.9 Å². The van der Waals surface area contributed by atoms with Gasteiger partial charge in [0.15, 0.2) is 11.5 Å². The number of piperidine rings is 1. The molecule has 1 saturated heterocycles. The molecule has 0 radical (unpaired) electrons. The number of hydrogen-bond donors (Lipinski definition) is 1. The Morgan fingerprint density at radius 1 is 1.06 bits per heavy atom. The molecule has 6 rings (SSSR count). The number of likely N-dealkylation sites (tertiary alicyclic amines) is 1. The molecule has 8 nitrogen and oxygen atoms in total. The highest BCUT2D eigenvalue weighted by Gasteiger charge is 2.56. The second-order valence-corrected chi connectivity index (χ2v) is 9.56. The maximum atomic E-state index is 13.4. The van der Waals surface area contributed by atoms with E-state index < -0.39 is 5.91 Å². The van der Waals surface area contributed by atoms with Crippen LogP contribution < -0.4 is 5.73 Å². The van der Waals surface area contributed by atoms with Crippen molar-refractivity contribution < 1.29 is 14.4 Å². The number of ketones is 1. The molecule has 8 heteroatoms. The molecule has 1 aliphatic heterocycles. The van der Waals surface area contributed by atoms with Crippen molar-refractivity contribution in [2.24, 2.45) is 17.6 Å². The average Bonchev–Trinajstić information content (AvgIpc) is 3.70. The van der Waals surface area contributed by atoms with Crippen LogP contribution in [0.15, 0.2) is 48.8 Å². The molecule has 2 aromatic heterocycles. The molecule has 2 amide bonds. The van der Waals surface area contributed by atoms with Gasteiger partial charge in [-0.2, -0.15) is 5.10 Å². The van der Waals surface area contributed by atoms with Gasteiger partial charge < -0.3 is 10.6 Å². The maximum Gasteiger partial charge on any atom is 0.269 e. The SMILES string of the molecule is NC(=O)c1nn(CC(=O)N2[C@@H]3C[C@@H]3C[C@H]2C(=O)C[C@@H]2C[C@H]2c2ccccc2)c2ccncc12. The first kappa shape index (κ1) is 20.1. The normalized spacial score (nSPS) is 27.4. The lowest BCUT2D eigenvalue weighted by atomic mass is 10.00. The number of pyridine rings is 1. The monoisotopic (exact) mass is 443 g/mol. The number of primary amides is 1. The maximum absolute atomic E-state index is 13.4. The standard InChI is InChI=1S/C25H25N5O3/c26-25(33)24-18-12-27-7-6-19(18)29(28-24)13-23(32)30-20-9-16(20)10-21(30)22(31)11-15-8-17(15)14-4-2-1-3-5-14/h1-7,12,15-17,20-21H,8-11,13H2,(H2,26,33)/t15-,16+,17-,20+,21-/m0/s1. The van der Waals surface area contributed by atoms with Crippen molar-refractivity contribution >= 4 is 28.5 Å². The molecule has 3 aliphatic rings. The van der Waals surface area contributed by atoms with Gasteiger partial charge in [-0.15, -0.1) is 0 Å². The van der Waals surface area contributed by atoms with Crippen molar-refractivity contribution in [1.29, 1.82) is 0 Å². The highest BCUT2D eigenvalue weighted by molar-refractivity contribution is 6.04. The van der Waals surface area contributed by atoms with Crippen LogP contribution in [0.2, 0.25) is 0 Å². The molecular weight excluding hydrogens is 418 g/mol. The van der Waals surface area contributed by atoms with E-state index >= 15 is 0 Å². The number of nitrogens with two attached hydrogens (primary N) is 1. The van der Waals surface area contributed by atoms with E-state index in [-0.39, 0.29) is 36.0 Å². The molecule has 0 bridgehead atoms. The molecule has 3 heterocycles. The van der Waals surface area contributed by atoms with Crippen molar-refractivity contribution in [2.75, 3.05) is 0 Å². The molecule has 3 aromatic rings. The van der Waals surface area contributed by atoms with Gasteiger partial charge in [-0.05, 0) is 48.6 Å². The predicted octanol–water partition coefficient (Wildman–Crippen LogP) is 2.28. The Hall–Kier alpha value is -3.55. The first-order chi connectivity index (χ1) is 16.0. The summed E-state index contributed by atoms with van der Waals surface area (Å²) in [4.78, 5) is 44.2. The van der Waals surface area contributed by atoms with E-state index in [1.54, 1.807) is 17.2 Å². The Bertz CT molecular complexity index is 1270. The zero-order valence-corrected chi connectivity index (χ0v) is 18.1. The number of amides is 2. The minimum absolute atomic E-state index is 0.0309. The number of aromatic nitrogens is 3. The quantitative estimate of drug-likeness (QED) is 0.602. The Morgan fingerprint density at radius 2 is 1.88 bits per heavy atom. The van der Waals surface area contributed by atoms with E-state index in [1.807, 2.05) is 18.2 Å². The van der Waals surface area contributed by atoms with Crippen LogP contribution in [0.25, 0.3) is 10.9 Å². The molecule has 2 saturated carbocycles. The van der Waals surface area contributed by atoms with Crippen LogP contribution in [-0.2, 0) is 16.1 Å². The second-order valence-electron chi connectivity index (χ2n) is 9.56. The molecule has 0 spiro atoms. The zero-order valence-electron chi connectivity index (χ0n) is 18.1. The lowest BCUT2D eigenvalue weighted by Gasteiger charge is -2.27. The largest absolute Gasteiger partial charge is 0.364 e. The van der Waals surface area contributed by atoms with E-state index in [2.05, 4.69) is 22.2 Å². The molecule has 33 heavy (non-hydrogen) atoms. The van der Waals surface area contributed by atoms with Crippen LogP contribution >= 0.6 is 0 Å². The van der Waals surface area contributed by atoms with Gasteiger partial charge in [0.25, 0.3) is 5.91 Å². The number of carbonyl (C=O) groups excluding carboxylic acids is 3. The van der Waals surface area contributed by atoms with Gasteiger partial charge in [-0.3, -0.25) is 24.0 Å². The van der Waals surface area contributed by atoms with Crippen LogP contribution in [0.1, 0.15) is 47.7 Å². The first-order valence-corrected chi connectivity index (χ1v) is 11.5. The first-order valence-electron chi connectivity index (χ1n) is 11.5. The molecule has 5 atom stereocenters. The summed E-state index contributed by atoms with van der Waals surface area (Å²) in [7, 11) is 0. The number of hydrogen-bond acceptors (Lipinski definition) is 5. The zero-order chi connectivity index (χ0) is 22.7. The van der Waals surface area contributed by atoms with Gasteiger partial charge in [0, 0.05) is 24.9 Å². The summed E-state index contributed by atoms with van der Waals surface area (Å²) in [6.07, 6.45) is 6.40.